The van der Waals surface area contributed by atoms with Gasteiger partial charge in [-0.3, -0.25) is 0 Å². The first-order chi connectivity index (χ1) is 9.13. The third kappa shape index (κ3) is 2.45. The van der Waals surface area contributed by atoms with E-state index in [1.54, 1.807) is 24.3 Å². The van der Waals surface area contributed by atoms with Crippen molar-refractivity contribution in [3.63, 3.8) is 0 Å². The normalized spacial score (nSPS) is 10.9. The molecule has 1 aromatic carbocycles. The van der Waals surface area contributed by atoms with Crippen LogP contribution in [0.3, 0.4) is 0 Å². The van der Waals surface area contributed by atoms with Gasteiger partial charge >= 0.3 is 0 Å². The average molecular weight is 315 g/mol. The largest absolute Gasteiger partial charge is 0.339 e. The van der Waals surface area contributed by atoms with Gasteiger partial charge in [0.05, 0.1) is 10.7 Å². The number of hydrogen-bond donors (Lipinski definition) is 1. The quantitative estimate of drug-likeness (QED) is 0.730. The number of nitrogens with zero attached hydrogens (tertiary/aromatic N) is 4. The molecule has 0 saturated carbocycles. The number of benzene rings is 1. The summed E-state index contributed by atoms with van der Waals surface area (Å²) in [7, 11) is 0. The topological polar surface area (TPSA) is 55.1 Å². The Kier molecular flexibility index (Phi) is 3.18. The van der Waals surface area contributed by atoms with Crippen molar-refractivity contribution < 1.29 is 0 Å². The Balaban J connectivity index is 2.10. The van der Waals surface area contributed by atoms with E-state index >= 15 is 0 Å². The Hall–Kier alpha value is -1.56. The van der Waals surface area contributed by atoms with Crippen molar-refractivity contribution in [3.8, 4) is 0 Å². The van der Waals surface area contributed by atoms with E-state index in [0.717, 1.165) is 0 Å². The molecule has 0 unspecified atom stereocenters. The highest BCUT2D eigenvalue weighted by atomic mass is 35.5. The first-order valence-corrected chi connectivity index (χ1v) is 6.35. The van der Waals surface area contributed by atoms with Gasteiger partial charge in [-0.15, -0.1) is 0 Å². The van der Waals surface area contributed by atoms with Gasteiger partial charge in [0.25, 0.3) is 5.78 Å². The number of aromatic nitrogens is 4. The number of halogens is 3. The minimum Gasteiger partial charge on any atom is -0.339 e. The monoisotopic (exact) mass is 313 g/mol. The molecule has 0 aliphatic rings. The third-order valence-electron chi connectivity index (χ3n) is 2.41. The molecule has 1 N–H and O–H groups in total. The Morgan fingerprint density at radius 2 is 1.95 bits per heavy atom. The van der Waals surface area contributed by atoms with E-state index in [1.807, 2.05) is 0 Å². The van der Waals surface area contributed by atoms with Crippen molar-refractivity contribution in [2.75, 3.05) is 5.32 Å². The average Bonchev–Trinajstić information content (AvgIpc) is 2.82. The van der Waals surface area contributed by atoms with Crippen LogP contribution in [0.25, 0.3) is 5.78 Å². The van der Waals surface area contributed by atoms with Crippen molar-refractivity contribution in [2.45, 2.75) is 0 Å². The minimum atomic E-state index is 0.307. The molecule has 0 saturated heterocycles. The van der Waals surface area contributed by atoms with Crippen LogP contribution in [-0.4, -0.2) is 19.6 Å². The molecule has 96 valence electrons. The van der Waals surface area contributed by atoms with E-state index in [9.17, 15) is 0 Å². The molecule has 0 aliphatic carbocycles. The molecule has 0 spiro atoms. The van der Waals surface area contributed by atoms with Gasteiger partial charge in [-0.2, -0.15) is 19.6 Å². The van der Waals surface area contributed by atoms with E-state index in [4.69, 9.17) is 34.8 Å². The summed E-state index contributed by atoms with van der Waals surface area (Å²) in [5.74, 6) is 0.991. The van der Waals surface area contributed by atoms with E-state index < -0.39 is 0 Å². The van der Waals surface area contributed by atoms with Crippen LogP contribution in [0.2, 0.25) is 15.2 Å². The van der Waals surface area contributed by atoms with Crippen molar-refractivity contribution in [2.24, 2.45) is 0 Å². The van der Waals surface area contributed by atoms with Gasteiger partial charge in [0.15, 0.2) is 0 Å². The van der Waals surface area contributed by atoms with Crippen LogP contribution in [0.4, 0.5) is 11.5 Å². The molecule has 0 aliphatic heterocycles. The number of nitrogens with one attached hydrogen (secondary N) is 1. The lowest BCUT2D eigenvalue weighted by Crippen LogP contribution is -2.02. The highest BCUT2D eigenvalue weighted by Gasteiger charge is 2.08. The van der Waals surface area contributed by atoms with Gasteiger partial charge in [-0.1, -0.05) is 34.8 Å². The fourth-order valence-electron chi connectivity index (χ4n) is 1.60. The number of rotatable bonds is 2. The number of hydrogen-bond acceptors (Lipinski definition) is 4. The molecule has 3 rings (SSSR count). The van der Waals surface area contributed by atoms with E-state index in [1.165, 1.54) is 10.8 Å². The summed E-state index contributed by atoms with van der Waals surface area (Å²) in [5, 5.41) is 8.57. The molecule has 0 amide bonds. The van der Waals surface area contributed by atoms with Crippen molar-refractivity contribution in [1.82, 2.24) is 19.6 Å². The maximum Gasteiger partial charge on any atom is 0.255 e. The molecule has 8 heteroatoms. The zero-order valence-electron chi connectivity index (χ0n) is 9.31. The molecule has 0 atom stereocenters. The molecule has 0 radical (unpaired) electrons. The molecule has 5 nitrogen and oxygen atoms in total. The lowest BCUT2D eigenvalue weighted by molar-refractivity contribution is 0.947. The van der Waals surface area contributed by atoms with E-state index in [2.05, 4.69) is 20.4 Å². The van der Waals surface area contributed by atoms with Crippen LogP contribution in [0.15, 0.2) is 30.6 Å². The molecule has 2 heterocycles. The van der Waals surface area contributed by atoms with E-state index in [-0.39, 0.29) is 0 Å². The number of fused-ring (bicyclic) bond motifs is 1. The zero-order chi connectivity index (χ0) is 13.4. The first-order valence-electron chi connectivity index (χ1n) is 5.22. The molecular weight excluding hydrogens is 309 g/mol. The lowest BCUT2D eigenvalue weighted by Gasteiger charge is -2.10. The summed E-state index contributed by atoms with van der Waals surface area (Å²) in [6, 6.07) is 6.74. The molecule has 19 heavy (non-hydrogen) atoms. The Morgan fingerprint density at radius 3 is 2.79 bits per heavy atom. The summed E-state index contributed by atoms with van der Waals surface area (Å²) in [6.45, 7) is 0. The molecule has 2 aromatic heterocycles. The van der Waals surface area contributed by atoms with Gasteiger partial charge < -0.3 is 5.32 Å². The van der Waals surface area contributed by atoms with Crippen molar-refractivity contribution in [3.05, 3.63) is 45.8 Å². The van der Waals surface area contributed by atoms with Crippen LogP contribution < -0.4 is 5.32 Å². The Bertz CT molecular complexity index is 755. The maximum absolute atomic E-state index is 6.10. The molecule has 0 fully saturated rings. The van der Waals surface area contributed by atoms with Crippen molar-refractivity contribution >= 4 is 52.1 Å². The predicted molar refractivity (Wildman–Crippen MR) is 75.5 cm³/mol. The zero-order valence-corrected chi connectivity index (χ0v) is 11.6. The summed E-state index contributed by atoms with van der Waals surface area (Å²) in [5.41, 5.74) is 0.647. The van der Waals surface area contributed by atoms with Gasteiger partial charge in [0.1, 0.15) is 17.3 Å². The highest BCUT2D eigenvalue weighted by Crippen LogP contribution is 2.28. The smallest absolute Gasteiger partial charge is 0.255 e. The number of anilines is 2. The maximum atomic E-state index is 6.10. The third-order valence-corrected chi connectivity index (χ3v) is 3.17. The Morgan fingerprint density at radius 1 is 1.11 bits per heavy atom. The first kappa shape index (κ1) is 12.5. The second-order valence-electron chi connectivity index (χ2n) is 3.69. The highest BCUT2D eigenvalue weighted by molar-refractivity contribution is 6.35. The van der Waals surface area contributed by atoms with Crippen LogP contribution in [-0.2, 0) is 0 Å². The fraction of sp³-hybridized carbons (Fsp3) is 0. The summed E-state index contributed by atoms with van der Waals surface area (Å²) < 4.78 is 1.52. The lowest BCUT2D eigenvalue weighted by atomic mass is 10.3. The van der Waals surface area contributed by atoms with Crippen molar-refractivity contribution in [1.29, 1.82) is 0 Å². The van der Waals surface area contributed by atoms with Crippen LogP contribution in [0, 0.1) is 0 Å². The SMILES string of the molecule is Clc1ccc(Cl)c(Nc2cc(Cl)nc3ncnn23)c1. The fourth-order valence-corrected chi connectivity index (χ4v) is 2.12. The Labute approximate surface area is 123 Å². The van der Waals surface area contributed by atoms with Crippen LogP contribution in [0.1, 0.15) is 0 Å². The molecular formula is C11H6Cl3N5. The van der Waals surface area contributed by atoms with Gasteiger partial charge in [-0.05, 0) is 18.2 Å². The summed E-state index contributed by atoms with van der Waals surface area (Å²) in [6.07, 6.45) is 1.39. The summed E-state index contributed by atoms with van der Waals surface area (Å²) in [4.78, 5) is 8.01. The van der Waals surface area contributed by atoms with Gasteiger partial charge in [0.2, 0.25) is 0 Å². The minimum absolute atomic E-state index is 0.307. The summed E-state index contributed by atoms with van der Waals surface area (Å²) >= 11 is 18.0. The van der Waals surface area contributed by atoms with Crippen LogP contribution in [0.5, 0.6) is 0 Å². The van der Waals surface area contributed by atoms with Gasteiger partial charge in [0, 0.05) is 11.1 Å². The molecule has 0 bridgehead atoms. The second kappa shape index (κ2) is 4.85. The van der Waals surface area contributed by atoms with Crippen LogP contribution >= 0.6 is 34.8 Å². The van der Waals surface area contributed by atoms with E-state index in [0.29, 0.717) is 32.5 Å². The molecule has 3 aromatic rings. The second-order valence-corrected chi connectivity index (χ2v) is 4.92. The van der Waals surface area contributed by atoms with Gasteiger partial charge in [-0.25, -0.2) is 0 Å². The standard InChI is InChI=1S/C11H6Cl3N5/c12-6-1-2-7(13)8(3-6)17-10-4-9(14)18-11-15-5-16-19(10)11/h1-5,17H. The predicted octanol–water partition coefficient (Wildman–Crippen LogP) is 3.83.